The third-order valence-electron chi connectivity index (χ3n) is 7.02. The zero-order valence-electron chi connectivity index (χ0n) is 22.7. The van der Waals surface area contributed by atoms with E-state index < -0.39 is 16.1 Å². The van der Waals surface area contributed by atoms with Crippen molar-refractivity contribution in [3.63, 3.8) is 0 Å². The van der Waals surface area contributed by atoms with Gasteiger partial charge < -0.3 is 15.0 Å². The number of para-hydroxylation sites is 2. The highest BCUT2D eigenvalue weighted by atomic mass is 35.5. The molecule has 11 heteroatoms. The van der Waals surface area contributed by atoms with E-state index in [4.69, 9.17) is 27.9 Å². The predicted molar refractivity (Wildman–Crippen MR) is 156 cm³/mol. The molecular weight excluding hydrogens is 561 g/mol. The van der Waals surface area contributed by atoms with Gasteiger partial charge in [-0.3, -0.25) is 13.9 Å². The van der Waals surface area contributed by atoms with E-state index in [9.17, 15) is 18.0 Å². The Hall–Kier alpha value is -2.49. The molecular formula is C28H37Cl2N3O5S. The minimum Gasteiger partial charge on any atom is -0.495 e. The molecule has 0 aromatic heterocycles. The lowest BCUT2D eigenvalue weighted by atomic mass is 9.95. The van der Waals surface area contributed by atoms with Crippen molar-refractivity contribution >= 4 is 50.7 Å². The summed E-state index contributed by atoms with van der Waals surface area (Å²) in [5.74, 6) is -0.117. The number of ether oxygens (including phenoxy) is 1. The van der Waals surface area contributed by atoms with Crippen LogP contribution in [0.1, 0.15) is 57.4 Å². The standard InChI is InChI=1S/C28H37Cl2N3O5S/c1-20(28(35)31-21-11-5-4-6-12-21)32(19-22-23(29)13-9-14-24(22)30)27(34)17-10-18-33(39(3,36)37)25-15-7-8-16-26(25)38-2/h7-9,13-16,20-21H,4-6,10-12,17-19H2,1-3H3,(H,31,35)/t20-/m1/s1. The van der Waals surface area contributed by atoms with E-state index in [0.29, 0.717) is 27.0 Å². The van der Waals surface area contributed by atoms with Crippen LogP contribution in [0.5, 0.6) is 5.75 Å². The molecule has 1 saturated carbocycles. The number of nitrogens with zero attached hydrogens (tertiary/aromatic N) is 2. The molecule has 1 atom stereocenters. The number of sulfonamides is 1. The van der Waals surface area contributed by atoms with Gasteiger partial charge in [-0.05, 0) is 50.5 Å². The van der Waals surface area contributed by atoms with Crippen LogP contribution in [-0.4, -0.2) is 57.1 Å². The van der Waals surface area contributed by atoms with Gasteiger partial charge in [0, 0.05) is 41.2 Å². The summed E-state index contributed by atoms with van der Waals surface area (Å²) in [6.45, 7) is 1.81. The minimum absolute atomic E-state index is 0.0181. The van der Waals surface area contributed by atoms with Crippen molar-refractivity contribution in [2.24, 2.45) is 0 Å². The first-order valence-electron chi connectivity index (χ1n) is 13.2. The van der Waals surface area contributed by atoms with Crippen LogP contribution in [0.4, 0.5) is 5.69 Å². The lowest BCUT2D eigenvalue weighted by Gasteiger charge is -2.32. The Labute approximate surface area is 241 Å². The van der Waals surface area contributed by atoms with Gasteiger partial charge in [-0.1, -0.05) is 60.7 Å². The number of benzene rings is 2. The van der Waals surface area contributed by atoms with E-state index in [2.05, 4.69) is 5.32 Å². The van der Waals surface area contributed by atoms with Gasteiger partial charge in [0.25, 0.3) is 0 Å². The van der Waals surface area contributed by atoms with E-state index in [1.54, 1.807) is 49.4 Å². The molecule has 0 radical (unpaired) electrons. The van der Waals surface area contributed by atoms with Crippen LogP contribution in [0.2, 0.25) is 10.0 Å². The number of nitrogens with one attached hydrogen (secondary N) is 1. The summed E-state index contributed by atoms with van der Waals surface area (Å²) in [7, 11) is -2.17. The summed E-state index contributed by atoms with van der Waals surface area (Å²) in [6, 6.07) is 11.2. The molecule has 2 aromatic rings. The maximum atomic E-state index is 13.6. The Kier molecular flexibility index (Phi) is 11.3. The Morgan fingerprint density at radius 2 is 1.69 bits per heavy atom. The van der Waals surface area contributed by atoms with Crippen molar-refractivity contribution < 1.29 is 22.7 Å². The zero-order chi connectivity index (χ0) is 28.6. The van der Waals surface area contributed by atoms with Gasteiger partial charge >= 0.3 is 0 Å². The Morgan fingerprint density at radius 3 is 2.31 bits per heavy atom. The second-order valence-electron chi connectivity index (χ2n) is 9.85. The molecule has 8 nitrogen and oxygen atoms in total. The second kappa shape index (κ2) is 14.2. The van der Waals surface area contributed by atoms with Gasteiger partial charge in [0.05, 0.1) is 19.1 Å². The first kappa shape index (κ1) is 31.0. The Bertz CT molecular complexity index is 1230. The maximum absolute atomic E-state index is 13.6. The predicted octanol–water partition coefficient (Wildman–Crippen LogP) is 5.41. The van der Waals surface area contributed by atoms with Crippen LogP contribution in [0, 0.1) is 0 Å². The van der Waals surface area contributed by atoms with E-state index >= 15 is 0 Å². The normalized spacial score (nSPS) is 14.9. The number of hydrogen-bond acceptors (Lipinski definition) is 5. The lowest BCUT2D eigenvalue weighted by molar-refractivity contribution is -0.141. The third kappa shape index (κ3) is 8.50. The van der Waals surface area contributed by atoms with Crippen molar-refractivity contribution in [1.29, 1.82) is 0 Å². The molecule has 1 aliphatic carbocycles. The monoisotopic (exact) mass is 597 g/mol. The zero-order valence-corrected chi connectivity index (χ0v) is 25.0. The topological polar surface area (TPSA) is 96.0 Å². The molecule has 214 valence electrons. The highest BCUT2D eigenvalue weighted by Crippen LogP contribution is 2.30. The van der Waals surface area contributed by atoms with E-state index in [1.807, 2.05) is 0 Å². The van der Waals surface area contributed by atoms with E-state index in [0.717, 1.165) is 38.4 Å². The second-order valence-corrected chi connectivity index (χ2v) is 12.6. The van der Waals surface area contributed by atoms with Crippen LogP contribution in [0.15, 0.2) is 42.5 Å². The summed E-state index contributed by atoms with van der Waals surface area (Å²) in [5, 5.41) is 3.90. The molecule has 0 heterocycles. The fraction of sp³-hybridized carbons (Fsp3) is 0.500. The van der Waals surface area contributed by atoms with Crippen LogP contribution in [0.25, 0.3) is 0 Å². The van der Waals surface area contributed by atoms with Crippen molar-refractivity contribution in [3.05, 3.63) is 58.1 Å². The fourth-order valence-electron chi connectivity index (χ4n) is 4.82. The number of halogens is 2. The van der Waals surface area contributed by atoms with Crippen LogP contribution < -0.4 is 14.4 Å². The largest absolute Gasteiger partial charge is 0.495 e. The molecule has 1 N–H and O–H groups in total. The van der Waals surface area contributed by atoms with Gasteiger partial charge in [-0.2, -0.15) is 0 Å². The van der Waals surface area contributed by atoms with Crippen LogP contribution >= 0.6 is 23.2 Å². The highest BCUT2D eigenvalue weighted by Gasteiger charge is 2.29. The number of hydrogen-bond donors (Lipinski definition) is 1. The Morgan fingerprint density at radius 1 is 1.05 bits per heavy atom. The maximum Gasteiger partial charge on any atom is 0.242 e. The molecule has 3 rings (SSSR count). The molecule has 0 unspecified atom stereocenters. The SMILES string of the molecule is COc1ccccc1N(CCCC(=O)N(Cc1c(Cl)cccc1Cl)[C@H](C)C(=O)NC1CCCCC1)S(C)(=O)=O. The summed E-state index contributed by atoms with van der Waals surface area (Å²) >= 11 is 12.8. The van der Waals surface area contributed by atoms with Gasteiger partial charge in [0.1, 0.15) is 11.8 Å². The molecule has 1 aliphatic rings. The molecule has 1 fully saturated rings. The lowest BCUT2D eigenvalue weighted by Crippen LogP contribution is -2.50. The third-order valence-corrected chi connectivity index (χ3v) is 8.90. The van der Waals surface area contributed by atoms with Crippen molar-refractivity contribution in [2.45, 2.75) is 70.5 Å². The smallest absolute Gasteiger partial charge is 0.242 e. The van der Waals surface area contributed by atoms with Gasteiger partial charge in [-0.15, -0.1) is 0 Å². The molecule has 0 spiro atoms. The van der Waals surface area contributed by atoms with Crippen molar-refractivity contribution in [2.75, 3.05) is 24.2 Å². The number of anilines is 1. The quantitative estimate of drug-likeness (QED) is 0.352. The summed E-state index contributed by atoms with van der Waals surface area (Å²) < 4.78 is 31.8. The number of carbonyl (C=O) groups is 2. The summed E-state index contributed by atoms with van der Waals surface area (Å²) in [6.07, 6.45) is 6.51. The average Bonchev–Trinajstić information content (AvgIpc) is 2.90. The van der Waals surface area contributed by atoms with Gasteiger partial charge in [0.15, 0.2) is 0 Å². The summed E-state index contributed by atoms with van der Waals surface area (Å²) in [5.41, 5.74) is 0.952. The molecule has 39 heavy (non-hydrogen) atoms. The number of methoxy groups -OCH3 is 1. The molecule has 0 saturated heterocycles. The molecule has 2 amide bonds. The van der Waals surface area contributed by atoms with Crippen LogP contribution in [-0.2, 0) is 26.2 Å². The number of carbonyl (C=O) groups excluding carboxylic acids is 2. The van der Waals surface area contributed by atoms with Gasteiger partial charge in [-0.25, -0.2) is 8.42 Å². The molecule has 0 bridgehead atoms. The van der Waals surface area contributed by atoms with Crippen molar-refractivity contribution in [3.8, 4) is 5.75 Å². The van der Waals surface area contributed by atoms with Gasteiger partial charge in [0.2, 0.25) is 21.8 Å². The highest BCUT2D eigenvalue weighted by molar-refractivity contribution is 7.92. The number of amides is 2. The Balaban J connectivity index is 1.78. The van der Waals surface area contributed by atoms with Crippen LogP contribution in [0.3, 0.4) is 0 Å². The minimum atomic E-state index is -3.65. The van der Waals surface area contributed by atoms with Crippen molar-refractivity contribution in [1.82, 2.24) is 10.2 Å². The van der Waals surface area contributed by atoms with E-state index in [1.165, 1.54) is 16.3 Å². The average molecular weight is 599 g/mol. The molecule has 2 aromatic carbocycles. The first-order valence-corrected chi connectivity index (χ1v) is 15.8. The number of rotatable bonds is 12. The summed E-state index contributed by atoms with van der Waals surface area (Å²) in [4.78, 5) is 28.3. The fourth-order valence-corrected chi connectivity index (χ4v) is 6.31. The van der Waals surface area contributed by atoms with E-state index in [-0.39, 0.29) is 43.8 Å². The first-order chi connectivity index (χ1) is 18.5. The molecule has 0 aliphatic heterocycles.